The first-order valence-electron chi connectivity index (χ1n) is 4.97. The maximum Gasteiger partial charge on any atom is 0.0597 e. The molecule has 0 saturated heterocycles. The Bertz CT molecular complexity index is 392. The molecule has 0 radical (unpaired) electrons. The predicted octanol–water partition coefficient (Wildman–Crippen LogP) is 3.55. The maximum atomic E-state index is 8.35. The van der Waals surface area contributed by atoms with Crippen LogP contribution in [0.4, 0.5) is 0 Å². The maximum absolute atomic E-state index is 8.35. The average Bonchev–Trinajstić information content (AvgIpc) is 2.64. The van der Waals surface area contributed by atoms with E-state index in [4.69, 9.17) is 5.53 Å². The third-order valence-corrected chi connectivity index (χ3v) is 2.83. The van der Waals surface area contributed by atoms with Crippen molar-refractivity contribution < 1.29 is 0 Å². The van der Waals surface area contributed by atoms with E-state index in [0.717, 1.165) is 5.56 Å². The molecule has 0 aromatic heterocycles. The molecule has 0 amide bonds. The molecule has 0 bridgehead atoms. The standard InChI is InChI=1S/C11H13N3/c1-8(13-14-12)10-6-5-9-3-2-4-11(9)7-10/h5-8H,2-4H2,1H3/t8-/m1/s1. The fraction of sp³-hybridized carbons (Fsp3) is 0.455. The van der Waals surface area contributed by atoms with E-state index in [1.807, 2.05) is 6.92 Å². The zero-order chi connectivity index (χ0) is 9.97. The summed E-state index contributed by atoms with van der Waals surface area (Å²) in [6.45, 7) is 1.93. The molecule has 0 N–H and O–H groups in total. The van der Waals surface area contributed by atoms with Crippen LogP contribution in [0.2, 0.25) is 0 Å². The van der Waals surface area contributed by atoms with E-state index < -0.39 is 0 Å². The van der Waals surface area contributed by atoms with Gasteiger partial charge in [0.25, 0.3) is 0 Å². The molecular weight excluding hydrogens is 174 g/mol. The fourth-order valence-corrected chi connectivity index (χ4v) is 2.00. The summed E-state index contributed by atoms with van der Waals surface area (Å²) >= 11 is 0. The number of rotatable bonds is 2. The second kappa shape index (κ2) is 3.72. The van der Waals surface area contributed by atoms with Crippen LogP contribution in [-0.4, -0.2) is 0 Å². The average molecular weight is 187 g/mol. The number of hydrogen-bond acceptors (Lipinski definition) is 1. The van der Waals surface area contributed by atoms with Crippen LogP contribution in [0.3, 0.4) is 0 Å². The Hall–Kier alpha value is -1.47. The van der Waals surface area contributed by atoms with Gasteiger partial charge in [0, 0.05) is 4.91 Å². The Morgan fingerprint density at radius 1 is 1.36 bits per heavy atom. The lowest BCUT2D eigenvalue weighted by Gasteiger charge is -2.07. The van der Waals surface area contributed by atoms with Crippen LogP contribution >= 0.6 is 0 Å². The van der Waals surface area contributed by atoms with Crippen LogP contribution < -0.4 is 0 Å². The lowest BCUT2D eigenvalue weighted by molar-refractivity contribution is 0.805. The van der Waals surface area contributed by atoms with Crippen LogP contribution in [0.25, 0.3) is 10.4 Å². The quantitative estimate of drug-likeness (QED) is 0.386. The van der Waals surface area contributed by atoms with Crippen molar-refractivity contribution in [1.82, 2.24) is 0 Å². The Morgan fingerprint density at radius 3 is 2.93 bits per heavy atom. The van der Waals surface area contributed by atoms with Crippen molar-refractivity contribution in [3.63, 3.8) is 0 Å². The highest BCUT2D eigenvalue weighted by Gasteiger charge is 2.12. The number of benzene rings is 1. The van der Waals surface area contributed by atoms with Crippen LogP contribution in [0.5, 0.6) is 0 Å². The largest absolute Gasteiger partial charge is 0.0862 e. The Morgan fingerprint density at radius 2 is 2.14 bits per heavy atom. The summed E-state index contributed by atoms with van der Waals surface area (Å²) in [4.78, 5) is 2.83. The van der Waals surface area contributed by atoms with Gasteiger partial charge in [-0.3, -0.25) is 0 Å². The van der Waals surface area contributed by atoms with Crippen molar-refractivity contribution in [2.75, 3.05) is 0 Å². The molecule has 1 aromatic rings. The van der Waals surface area contributed by atoms with Gasteiger partial charge in [-0.25, -0.2) is 0 Å². The van der Waals surface area contributed by atoms with E-state index in [0.29, 0.717) is 0 Å². The van der Waals surface area contributed by atoms with Crippen molar-refractivity contribution in [3.05, 3.63) is 45.3 Å². The minimum Gasteiger partial charge on any atom is -0.0862 e. The molecule has 0 spiro atoms. The number of hydrogen-bond donors (Lipinski definition) is 0. The van der Waals surface area contributed by atoms with E-state index >= 15 is 0 Å². The molecule has 1 aliphatic rings. The van der Waals surface area contributed by atoms with Crippen LogP contribution in [0.15, 0.2) is 23.3 Å². The fourth-order valence-electron chi connectivity index (χ4n) is 2.00. The van der Waals surface area contributed by atoms with Gasteiger partial charge in [0.2, 0.25) is 0 Å². The zero-order valence-electron chi connectivity index (χ0n) is 8.27. The van der Waals surface area contributed by atoms with Gasteiger partial charge in [-0.2, -0.15) is 0 Å². The molecule has 14 heavy (non-hydrogen) atoms. The molecule has 72 valence electrons. The summed E-state index contributed by atoms with van der Waals surface area (Å²) in [5.74, 6) is 0. The Balaban J connectivity index is 2.32. The summed E-state index contributed by atoms with van der Waals surface area (Å²) in [7, 11) is 0. The smallest absolute Gasteiger partial charge is 0.0597 e. The van der Waals surface area contributed by atoms with E-state index in [9.17, 15) is 0 Å². The summed E-state index contributed by atoms with van der Waals surface area (Å²) in [6, 6.07) is 6.37. The summed E-state index contributed by atoms with van der Waals surface area (Å²) in [5.41, 5.74) is 12.4. The number of fused-ring (bicyclic) bond motifs is 1. The zero-order valence-corrected chi connectivity index (χ0v) is 8.27. The molecule has 0 fully saturated rings. The topological polar surface area (TPSA) is 48.8 Å². The number of azide groups is 1. The highest BCUT2D eigenvalue weighted by atomic mass is 15.1. The van der Waals surface area contributed by atoms with Crippen molar-refractivity contribution >= 4 is 0 Å². The summed E-state index contributed by atoms with van der Waals surface area (Å²) in [6.07, 6.45) is 3.63. The van der Waals surface area contributed by atoms with Crippen molar-refractivity contribution in [2.45, 2.75) is 32.2 Å². The molecule has 0 aliphatic heterocycles. The Kier molecular flexibility index (Phi) is 2.42. The molecule has 0 unspecified atom stereocenters. The van der Waals surface area contributed by atoms with E-state index in [2.05, 4.69) is 28.2 Å². The monoisotopic (exact) mass is 187 g/mol. The summed E-state index contributed by atoms with van der Waals surface area (Å²) in [5, 5.41) is 3.70. The molecule has 1 atom stereocenters. The molecule has 3 nitrogen and oxygen atoms in total. The predicted molar refractivity (Wildman–Crippen MR) is 56.0 cm³/mol. The highest BCUT2D eigenvalue weighted by molar-refractivity contribution is 5.36. The van der Waals surface area contributed by atoms with Crippen LogP contribution in [0, 0.1) is 0 Å². The van der Waals surface area contributed by atoms with Gasteiger partial charge in [0.1, 0.15) is 0 Å². The Labute approximate surface area is 83.4 Å². The first kappa shape index (κ1) is 9.10. The van der Waals surface area contributed by atoms with Crippen molar-refractivity contribution in [1.29, 1.82) is 0 Å². The normalized spacial score (nSPS) is 15.8. The van der Waals surface area contributed by atoms with Gasteiger partial charge in [-0.05, 0) is 41.5 Å². The molecule has 2 rings (SSSR count). The molecule has 1 aliphatic carbocycles. The third-order valence-electron chi connectivity index (χ3n) is 2.83. The first-order valence-corrected chi connectivity index (χ1v) is 4.97. The van der Waals surface area contributed by atoms with E-state index in [1.54, 1.807) is 0 Å². The van der Waals surface area contributed by atoms with Crippen molar-refractivity contribution in [3.8, 4) is 0 Å². The van der Waals surface area contributed by atoms with Crippen LogP contribution in [-0.2, 0) is 12.8 Å². The minimum atomic E-state index is -0.0501. The van der Waals surface area contributed by atoms with Gasteiger partial charge < -0.3 is 0 Å². The minimum absolute atomic E-state index is 0.0501. The van der Waals surface area contributed by atoms with Gasteiger partial charge in [-0.1, -0.05) is 30.2 Å². The lowest BCUT2D eigenvalue weighted by Crippen LogP contribution is -1.91. The number of aryl methyl sites for hydroxylation is 2. The SMILES string of the molecule is C[C@@H](N=[N+]=[N-])c1ccc2c(c1)CCC2. The van der Waals surface area contributed by atoms with E-state index in [1.165, 1.54) is 30.4 Å². The number of nitrogens with zero attached hydrogens (tertiary/aromatic N) is 3. The molecule has 1 aromatic carbocycles. The second-order valence-corrected chi connectivity index (χ2v) is 3.76. The highest BCUT2D eigenvalue weighted by Crippen LogP contribution is 2.26. The first-order chi connectivity index (χ1) is 6.81. The third kappa shape index (κ3) is 1.59. The summed E-state index contributed by atoms with van der Waals surface area (Å²) < 4.78 is 0. The second-order valence-electron chi connectivity index (χ2n) is 3.76. The molecular formula is C11H13N3. The van der Waals surface area contributed by atoms with Gasteiger partial charge >= 0.3 is 0 Å². The van der Waals surface area contributed by atoms with Gasteiger partial charge in [0.05, 0.1) is 6.04 Å². The molecule has 0 saturated carbocycles. The van der Waals surface area contributed by atoms with Gasteiger partial charge in [-0.15, -0.1) is 0 Å². The van der Waals surface area contributed by atoms with Gasteiger partial charge in [0.15, 0.2) is 0 Å². The van der Waals surface area contributed by atoms with E-state index in [-0.39, 0.29) is 6.04 Å². The van der Waals surface area contributed by atoms with Crippen LogP contribution in [0.1, 0.15) is 36.1 Å². The molecule has 3 heteroatoms. The van der Waals surface area contributed by atoms with Crippen molar-refractivity contribution in [2.24, 2.45) is 5.11 Å². The molecule has 0 heterocycles. The lowest BCUT2D eigenvalue weighted by atomic mass is 10.0.